The van der Waals surface area contributed by atoms with Gasteiger partial charge in [0, 0.05) is 37.2 Å². The smallest absolute Gasteiger partial charge is 0.175 e. The molecule has 3 rings (SSSR count). The maximum absolute atomic E-state index is 11.6. The molecule has 0 radical (unpaired) electrons. The summed E-state index contributed by atoms with van der Waals surface area (Å²) in [6, 6.07) is 14.4. The molecule has 0 aliphatic heterocycles. The Hall–Kier alpha value is -2.93. The van der Waals surface area contributed by atoms with Gasteiger partial charge < -0.3 is 10.3 Å². The van der Waals surface area contributed by atoms with Crippen molar-refractivity contribution in [2.75, 3.05) is 6.26 Å². The van der Waals surface area contributed by atoms with E-state index in [0.717, 1.165) is 17.0 Å². The third kappa shape index (κ3) is 4.18. The molecule has 134 valence electrons. The molecule has 0 spiro atoms. The van der Waals surface area contributed by atoms with Gasteiger partial charge in [-0.15, -0.1) is 0 Å². The van der Waals surface area contributed by atoms with Crippen molar-refractivity contribution >= 4 is 15.7 Å². The van der Waals surface area contributed by atoms with Crippen molar-refractivity contribution < 1.29 is 8.42 Å². The van der Waals surface area contributed by atoms with Gasteiger partial charge in [0.1, 0.15) is 11.7 Å². The predicted octanol–water partition coefficient (Wildman–Crippen LogP) is 2.21. The molecule has 0 amide bonds. The number of nitrogen functional groups attached to an aromatic ring is 1. The topological polar surface area (TPSA) is 102 Å². The summed E-state index contributed by atoms with van der Waals surface area (Å²) in [5.41, 5.74) is 8.27. The van der Waals surface area contributed by atoms with Crippen molar-refractivity contribution in [3.63, 3.8) is 0 Å². The first kappa shape index (κ1) is 17.9. The second-order valence-corrected chi connectivity index (χ2v) is 8.19. The fraction of sp³-hybridized carbons (Fsp3) is 0.158. The number of amidine groups is 1. The second kappa shape index (κ2) is 7.13. The molecule has 3 N–H and O–H groups in total. The zero-order chi connectivity index (χ0) is 18.7. The minimum absolute atomic E-state index is 0.0451. The van der Waals surface area contributed by atoms with Gasteiger partial charge in [-0.1, -0.05) is 30.3 Å². The molecular formula is C19H20N4O2S. The van der Waals surface area contributed by atoms with Gasteiger partial charge in [0.2, 0.25) is 0 Å². The molecule has 0 fully saturated rings. The van der Waals surface area contributed by atoms with Crippen LogP contribution in [-0.2, 0) is 22.8 Å². The summed E-state index contributed by atoms with van der Waals surface area (Å²) in [6.45, 7) is 0.623. The lowest BCUT2D eigenvalue weighted by Crippen LogP contribution is -2.12. The zero-order valence-corrected chi connectivity index (χ0v) is 15.2. The number of hydrogen-bond donors (Lipinski definition) is 2. The molecule has 1 heterocycles. The molecule has 0 unspecified atom stereocenters. The highest BCUT2D eigenvalue weighted by atomic mass is 32.2. The monoisotopic (exact) mass is 368 g/mol. The first-order chi connectivity index (χ1) is 12.3. The summed E-state index contributed by atoms with van der Waals surface area (Å²) < 4.78 is 25.1. The summed E-state index contributed by atoms with van der Waals surface area (Å²) in [4.78, 5) is 4.72. The van der Waals surface area contributed by atoms with Gasteiger partial charge >= 0.3 is 0 Å². The quantitative estimate of drug-likeness (QED) is 0.514. The second-order valence-electron chi connectivity index (χ2n) is 6.18. The SMILES string of the molecule is CS(=O)(=O)c1ccc(Cc2nccn2Cc2cccc(C(=N)N)c2)cc1. The number of sulfone groups is 1. The normalized spacial score (nSPS) is 11.4. The van der Waals surface area contributed by atoms with E-state index in [1.807, 2.05) is 47.2 Å². The van der Waals surface area contributed by atoms with E-state index in [2.05, 4.69) is 4.98 Å². The van der Waals surface area contributed by atoms with Crippen LogP contribution >= 0.6 is 0 Å². The van der Waals surface area contributed by atoms with Crippen molar-refractivity contribution in [2.24, 2.45) is 5.73 Å². The number of rotatable bonds is 6. The molecule has 26 heavy (non-hydrogen) atoms. The number of nitrogens with two attached hydrogens (primary N) is 1. The largest absolute Gasteiger partial charge is 0.384 e. The average molecular weight is 368 g/mol. The van der Waals surface area contributed by atoms with Gasteiger partial charge in [0.05, 0.1) is 4.90 Å². The molecule has 0 saturated carbocycles. The summed E-state index contributed by atoms with van der Waals surface area (Å²) in [5, 5.41) is 7.55. The van der Waals surface area contributed by atoms with Crippen molar-refractivity contribution in [1.29, 1.82) is 5.41 Å². The highest BCUT2D eigenvalue weighted by Gasteiger charge is 2.09. The number of imidazole rings is 1. The number of aromatic nitrogens is 2. The molecular weight excluding hydrogens is 348 g/mol. The number of benzene rings is 2. The van der Waals surface area contributed by atoms with Crippen molar-refractivity contribution in [3.8, 4) is 0 Å². The highest BCUT2D eigenvalue weighted by Crippen LogP contribution is 2.15. The lowest BCUT2D eigenvalue weighted by molar-refractivity contribution is 0.602. The van der Waals surface area contributed by atoms with Crippen LogP contribution < -0.4 is 5.73 Å². The maximum atomic E-state index is 11.6. The number of nitrogens with one attached hydrogen (secondary N) is 1. The summed E-state index contributed by atoms with van der Waals surface area (Å²) in [6.07, 6.45) is 5.45. The van der Waals surface area contributed by atoms with Crippen LogP contribution in [0, 0.1) is 5.41 Å². The van der Waals surface area contributed by atoms with E-state index in [1.54, 1.807) is 18.3 Å². The predicted molar refractivity (Wildman–Crippen MR) is 101 cm³/mol. The fourth-order valence-electron chi connectivity index (χ4n) is 2.72. The van der Waals surface area contributed by atoms with Crippen LogP contribution in [0.2, 0.25) is 0 Å². The molecule has 7 heteroatoms. The minimum atomic E-state index is -3.19. The zero-order valence-electron chi connectivity index (χ0n) is 14.4. The van der Waals surface area contributed by atoms with Crippen LogP contribution in [0.15, 0.2) is 65.8 Å². The van der Waals surface area contributed by atoms with Gasteiger partial charge in [-0.3, -0.25) is 5.41 Å². The van der Waals surface area contributed by atoms with E-state index < -0.39 is 9.84 Å². The van der Waals surface area contributed by atoms with Crippen LogP contribution in [0.5, 0.6) is 0 Å². The van der Waals surface area contributed by atoms with Crippen LogP contribution in [-0.4, -0.2) is 30.1 Å². The Morgan fingerprint density at radius 2 is 1.88 bits per heavy atom. The van der Waals surface area contributed by atoms with E-state index in [9.17, 15) is 8.42 Å². The first-order valence-electron chi connectivity index (χ1n) is 8.05. The van der Waals surface area contributed by atoms with Gasteiger partial charge in [-0.2, -0.15) is 0 Å². The summed E-state index contributed by atoms with van der Waals surface area (Å²) in [5.74, 6) is 0.925. The molecule has 0 aliphatic rings. The van der Waals surface area contributed by atoms with Crippen LogP contribution in [0.4, 0.5) is 0 Å². The van der Waals surface area contributed by atoms with Gasteiger partial charge in [0.25, 0.3) is 0 Å². The van der Waals surface area contributed by atoms with Gasteiger partial charge in [-0.05, 0) is 29.3 Å². The maximum Gasteiger partial charge on any atom is 0.175 e. The van der Waals surface area contributed by atoms with Crippen LogP contribution in [0.3, 0.4) is 0 Å². The first-order valence-corrected chi connectivity index (χ1v) is 9.94. The number of nitrogens with zero attached hydrogens (tertiary/aromatic N) is 2. The minimum Gasteiger partial charge on any atom is -0.384 e. The van der Waals surface area contributed by atoms with E-state index in [1.165, 1.54) is 6.26 Å². The Labute approximate surface area is 152 Å². The molecule has 2 aromatic carbocycles. The third-order valence-electron chi connectivity index (χ3n) is 4.11. The molecule has 1 aromatic heterocycles. The van der Waals surface area contributed by atoms with Crippen LogP contribution in [0.1, 0.15) is 22.5 Å². The summed E-state index contributed by atoms with van der Waals surface area (Å²) in [7, 11) is -3.19. The van der Waals surface area contributed by atoms with Crippen LogP contribution in [0.25, 0.3) is 0 Å². The van der Waals surface area contributed by atoms with Crippen molar-refractivity contribution in [3.05, 3.63) is 83.4 Å². The molecule has 0 bridgehead atoms. The van der Waals surface area contributed by atoms with Crippen molar-refractivity contribution in [2.45, 2.75) is 17.9 Å². The van der Waals surface area contributed by atoms with E-state index in [-0.39, 0.29) is 5.84 Å². The molecule has 0 aliphatic carbocycles. The lowest BCUT2D eigenvalue weighted by atomic mass is 10.1. The molecule has 0 atom stereocenters. The van der Waals surface area contributed by atoms with Crippen molar-refractivity contribution in [1.82, 2.24) is 9.55 Å². The summed E-state index contributed by atoms with van der Waals surface area (Å²) >= 11 is 0. The Bertz CT molecular complexity index is 1040. The molecule has 0 saturated heterocycles. The number of hydrogen-bond acceptors (Lipinski definition) is 4. The Morgan fingerprint density at radius 3 is 2.54 bits per heavy atom. The molecule has 6 nitrogen and oxygen atoms in total. The van der Waals surface area contributed by atoms with Gasteiger partial charge in [-0.25, -0.2) is 13.4 Å². The Kier molecular flexibility index (Phi) is 4.90. The van der Waals surface area contributed by atoms with Gasteiger partial charge in [0.15, 0.2) is 9.84 Å². The Morgan fingerprint density at radius 1 is 1.15 bits per heavy atom. The highest BCUT2D eigenvalue weighted by molar-refractivity contribution is 7.90. The average Bonchev–Trinajstić information content (AvgIpc) is 3.01. The lowest BCUT2D eigenvalue weighted by Gasteiger charge is -2.10. The van der Waals surface area contributed by atoms with E-state index >= 15 is 0 Å². The van der Waals surface area contributed by atoms with E-state index in [4.69, 9.17) is 11.1 Å². The van der Waals surface area contributed by atoms with E-state index in [0.29, 0.717) is 23.4 Å². The Balaban J connectivity index is 1.79. The molecule has 3 aromatic rings. The third-order valence-corrected chi connectivity index (χ3v) is 5.23. The standard InChI is InChI=1S/C19H20N4O2S/c1-26(24,25)17-7-5-14(6-8-17)12-18-22-9-10-23(18)13-15-3-2-4-16(11-15)19(20)21/h2-11H,12-13H2,1H3,(H3,20,21). The fourth-order valence-corrected chi connectivity index (χ4v) is 3.35.